The third-order valence-corrected chi connectivity index (χ3v) is 9.33. The van der Waals surface area contributed by atoms with Gasteiger partial charge in [0.25, 0.3) is 11.5 Å². The summed E-state index contributed by atoms with van der Waals surface area (Å²) < 4.78 is 17.8. The van der Waals surface area contributed by atoms with Crippen LogP contribution in [-0.4, -0.2) is 72.1 Å². The van der Waals surface area contributed by atoms with Crippen LogP contribution in [0.5, 0.6) is 17.2 Å². The first-order valence-corrected chi connectivity index (χ1v) is 16.5. The van der Waals surface area contributed by atoms with Gasteiger partial charge >= 0.3 is 0 Å². The minimum atomic E-state index is -0.271. The van der Waals surface area contributed by atoms with Gasteiger partial charge in [-0.15, -0.1) is 0 Å². The molecule has 0 radical (unpaired) electrons. The Labute approximate surface area is 281 Å². The summed E-state index contributed by atoms with van der Waals surface area (Å²) in [6.45, 7) is 3.08. The lowest BCUT2D eigenvalue weighted by molar-refractivity contribution is -0.113. The molecule has 3 heterocycles. The topological polar surface area (TPSA) is 115 Å². The molecule has 0 aliphatic carbocycles. The molecule has 0 bridgehead atoms. The lowest BCUT2D eigenvalue weighted by Gasteiger charge is -2.36. The molecule has 7 rings (SSSR count). The predicted molar refractivity (Wildman–Crippen MR) is 185 cm³/mol. The number of methoxy groups -OCH3 is 1. The van der Waals surface area contributed by atoms with Crippen molar-refractivity contribution >= 4 is 45.9 Å². The number of ether oxygens (including phenoxy) is 3. The van der Waals surface area contributed by atoms with Crippen molar-refractivity contribution in [3.05, 3.63) is 112 Å². The number of nitrogens with zero attached hydrogens (tertiary/aromatic N) is 4. The summed E-state index contributed by atoms with van der Waals surface area (Å²) in [6.07, 6.45) is 0. The van der Waals surface area contributed by atoms with E-state index in [2.05, 4.69) is 22.3 Å². The molecule has 0 unspecified atom stereocenters. The zero-order valence-electron chi connectivity index (χ0n) is 26.3. The Bertz CT molecular complexity index is 2010. The molecule has 1 saturated heterocycles. The fraction of sp³-hybridized carbons (Fsp3) is 0.222. The summed E-state index contributed by atoms with van der Waals surface area (Å²) in [5.74, 6) is 1.45. The van der Waals surface area contributed by atoms with Crippen LogP contribution in [0.25, 0.3) is 10.9 Å². The predicted octanol–water partition coefficient (Wildman–Crippen LogP) is 4.88. The van der Waals surface area contributed by atoms with Gasteiger partial charge in [-0.3, -0.25) is 19.0 Å². The van der Waals surface area contributed by atoms with Crippen LogP contribution in [0.4, 0.5) is 11.4 Å². The van der Waals surface area contributed by atoms with Gasteiger partial charge in [0.2, 0.25) is 12.7 Å². The number of thioether (sulfide) groups is 1. The Morgan fingerprint density at radius 2 is 1.60 bits per heavy atom. The van der Waals surface area contributed by atoms with Crippen LogP contribution in [0.2, 0.25) is 0 Å². The number of anilines is 2. The highest BCUT2D eigenvalue weighted by Crippen LogP contribution is 2.35. The third kappa shape index (κ3) is 6.65. The Hall–Kier alpha value is -5.49. The molecule has 4 aromatic carbocycles. The van der Waals surface area contributed by atoms with Crippen LogP contribution in [-0.2, 0) is 11.3 Å². The van der Waals surface area contributed by atoms with E-state index in [4.69, 9.17) is 19.2 Å². The molecule has 1 fully saturated rings. The second kappa shape index (κ2) is 13.7. The number of piperazine rings is 1. The summed E-state index contributed by atoms with van der Waals surface area (Å²) in [4.78, 5) is 49.1. The number of hydrogen-bond acceptors (Lipinski definition) is 9. The zero-order valence-corrected chi connectivity index (χ0v) is 27.1. The number of carbonyl (C=O) groups excluding carboxylic acids is 2. The fourth-order valence-corrected chi connectivity index (χ4v) is 6.56. The molecule has 0 spiro atoms. The maximum Gasteiger partial charge on any atom is 0.262 e. The number of amides is 2. The van der Waals surface area contributed by atoms with Gasteiger partial charge < -0.3 is 29.3 Å². The second-order valence-electron chi connectivity index (χ2n) is 11.4. The molecule has 244 valence electrons. The van der Waals surface area contributed by atoms with Gasteiger partial charge in [0, 0.05) is 49.2 Å². The van der Waals surface area contributed by atoms with E-state index >= 15 is 0 Å². The molecule has 48 heavy (non-hydrogen) atoms. The number of rotatable bonds is 9. The molecule has 0 atom stereocenters. The van der Waals surface area contributed by atoms with Gasteiger partial charge in [0.05, 0.1) is 30.3 Å². The van der Waals surface area contributed by atoms with Gasteiger partial charge in [0.15, 0.2) is 16.7 Å². The normalized spacial score (nSPS) is 13.9. The monoisotopic (exact) mass is 663 g/mol. The maximum absolute atomic E-state index is 13.9. The zero-order chi connectivity index (χ0) is 33.0. The molecule has 5 aromatic rings. The maximum atomic E-state index is 13.9. The molecule has 2 aliphatic heterocycles. The Balaban J connectivity index is 1.08. The summed E-state index contributed by atoms with van der Waals surface area (Å²) >= 11 is 1.17. The van der Waals surface area contributed by atoms with Crippen LogP contribution < -0.4 is 30.0 Å². The van der Waals surface area contributed by atoms with Crippen molar-refractivity contribution < 1.29 is 23.8 Å². The van der Waals surface area contributed by atoms with E-state index in [0.29, 0.717) is 57.6 Å². The number of benzene rings is 4. The SMILES string of the molecule is COc1ccc(NC(=O)CSc2nc3cc4c(cc3c(=O)n2Cc2ccc(C(=O)N3CCN(c5ccccc5)CC3)cc2)OCO4)cc1. The summed E-state index contributed by atoms with van der Waals surface area (Å²) in [5, 5.41) is 3.63. The van der Waals surface area contributed by atoms with E-state index in [9.17, 15) is 14.4 Å². The van der Waals surface area contributed by atoms with Gasteiger partial charge in [-0.05, 0) is 60.2 Å². The number of fused-ring (bicyclic) bond motifs is 2. The number of hydrogen-bond donors (Lipinski definition) is 1. The Kier molecular flexibility index (Phi) is 8.89. The standard InChI is InChI=1S/C36H33N5O6S/c1-45-28-13-11-26(12-14-28)37-33(42)22-48-36-38-30-20-32-31(46-23-47-32)19-29(30)35(44)41(36)21-24-7-9-25(10-8-24)34(43)40-17-15-39(16-18-40)27-5-3-2-4-6-27/h2-14,19-20H,15-18,21-23H2,1H3,(H,37,42). The average molecular weight is 664 g/mol. The third-order valence-electron chi connectivity index (χ3n) is 8.35. The number of para-hydroxylation sites is 1. The molecular formula is C36H33N5O6S. The van der Waals surface area contributed by atoms with Gasteiger partial charge in [0.1, 0.15) is 5.75 Å². The number of nitrogens with one attached hydrogen (secondary N) is 1. The lowest BCUT2D eigenvalue weighted by Crippen LogP contribution is -2.48. The highest BCUT2D eigenvalue weighted by Gasteiger charge is 2.23. The number of carbonyl (C=O) groups is 2. The van der Waals surface area contributed by atoms with Crippen molar-refractivity contribution in [2.45, 2.75) is 11.7 Å². The molecule has 0 saturated carbocycles. The van der Waals surface area contributed by atoms with Crippen molar-refractivity contribution in [3.8, 4) is 17.2 Å². The van der Waals surface area contributed by atoms with Crippen molar-refractivity contribution in [2.75, 3.05) is 56.1 Å². The summed E-state index contributed by atoms with van der Waals surface area (Å²) in [7, 11) is 1.58. The molecule has 12 heteroatoms. The van der Waals surface area contributed by atoms with E-state index in [0.717, 1.165) is 24.3 Å². The van der Waals surface area contributed by atoms with Crippen molar-refractivity contribution in [3.63, 3.8) is 0 Å². The minimum Gasteiger partial charge on any atom is -0.497 e. The van der Waals surface area contributed by atoms with Gasteiger partial charge in [-0.2, -0.15) is 0 Å². The van der Waals surface area contributed by atoms with Gasteiger partial charge in [-0.1, -0.05) is 42.1 Å². The Morgan fingerprint density at radius 3 is 2.31 bits per heavy atom. The Morgan fingerprint density at radius 1 is 0.896 bits per heavy atom. The highest BCUT2D eigenvalue weighted by atomic mass is 32.2. The molecule has 2 aliphatic rings. The van der Waals surface area contributed by atoms with E-state index in [-0.39, 0.29) is 36.5 Å². The second-order valence-corrected chi connectivity index (χ2v) is 12.3. The fourth-order valence-electron chi connectivity index (χ4n) is 5.77. The van der Waals surface area contributed by atoms with E-state index in [1.54, 1.807) is 60.2 Å². The largest absolute Gasteiger partial charge is 0.497 e. The summed E-state index contributed by atoms with van der Waals surface area (Å²) in [5.41, 5.74) is 3.38. The highest BCUT2D eigenvalue weighted by molar-refractivity contribution is 7.99. The quantitative estimate of drug-likeness (QED) is 0.174. The molecule has 1 N–H and O–H groups in total. The van der Waals surface area contributed by atoms with E-state index < -0.39 is 0 Å². The minimum absolute atomic E-state index is 0.0195. The van der Waals surface area contributed by atoms with Crippen LogP contribution in [0, 0.1) is 0 Å². The van der Waals surface area contributed by atoms with Crippen molar-refractivity contribution in [2.24, 2.45) is 0 Å². The first kappa shape index (κ1) is 31.1. The van der Waals surface area contributed by atoms with Gasteiger partial charge in [-0.25, -0.2) is 4.98 Å². The van der Waals surface area contributed by atoms with Crippen LogP contribution in [0.3, 0.4) is 0 Å². The molecule has 2 amide bonds. The van der Waals surface area contributed by atoms with E-state index in [1.807, 2.05) is 35.2 Å². The molecular weight excluding hydrogens is 630 g/mol. The number of aromatic nitrogens is 2. The van der Waals surface area contributed by atoms with Crippen molar-refractivity contribution in [1.82, 2.24) is 14.5 Å². The van der Waals surface area contributed by atoms with Crippen molar-refractivity contribution in [1.29, 1.82) is 0 Å². The first-order valence-electron chi connectivity index (χ1n) is 15.5. The first-order chi connectivity index (χ1) is 23.4. The smallest absolute Gasteiger partial charge is 0.262 e. The average Bonchev–Trinajstić information content (AvgIpc) is 3.60. The van der Waals surface area contributed by atoms with Crippen LogP contribution >= 0.6 is 11.8 Å². The molecule has 1 aromatic heterocycles. The van der Waals surface area contributed by atoms with Crippen LogP contribution in [0.1, 0.15) is 15.9 Å². The van der Waals surface area contributed by atoms with E-state index in [1.165, 1.54) is 11.8 Å². The summed E-state index contributed by atoms with van der Waals surface area (Å²) in [6, 6.07) is 27.9. The van der Waals surface area contributed by atoms with Crippen LogP contribution in [0.15, 0.2) is 101 Å². The molecule has 11 nitrogen and oxygen atoms in total. The lowest BCUT2D eigenvalue weighted by atomic mass is 10.1.